The van der Waals surface area contributed by atoms with E-state index in [0.29, 0.717) is 0 Å². The average Bonchev–Trinajstić information content (AvgIpc) is 2.75. The van der Waals surface area contributed by atoms with Gasteiger partial charge in [0.25, 0.3) is 0 Å². The zero-order valence-corrected chi connectivity index (χ0v) is 21.7. The fraction of sp³-hybridized carbons (Fsp3) is 0.933. The average molecular weight is 421 g/mol. The summed E-state index contributed by atoms with van der Waals surface area (Å²) in [5.74, 6) is 0.955. The maximum Gasteiger partial charge on any atom is -0.0351 e. The zero-order valence-electron chi connectivity index (χ0n) is 21.7. The van der Waals surface area contributed by atoms with Crippen molar-refractivity contribution < 1.29 is 0 Å². The molecule has 0 fully saturated rings. The Labute approximate surface area is 193 Å². The molecule has 0 aliphatic carbocycles. The first-order valence-corrected chi connectivity index (χ1v) is 14.5. The lowest BCUT2D eigenvalue weighted by molar-refractivity contribution is 0.432. The van der Waals surface area contributed by atoms with Gasteiger partial charge in [0, 0.05) is 0 Å². The Morgan fingerprint density at radius 1 is 0.400 bits per heavy atom. The van der Waals surface area contributed by atoms with E-state index in [1.54, 1.807) is 0 Å². The molecule has 0 amide bonds. The summed E-state index contributed by atoms with van der Waals surface area (Å²) in [7, 11) is 0. The number of hydrogen-bond donors (Lipinski definition) is 0. The highest BCUT2D eigenvalue weighted by Gasteiger charge is 2.02. The standard InChI is InChI=1S/C30H60/c1-4-6-8-10-12-14-15-16-17-18-19-21-23-25-27-29-30(3)28-26-24-22-20-13-11-9-7-5-2/h9,11,30H,4-8,10,12-29H2,1-3H3/b11-9+. The number of hydrogen-bond acceptors (Lipinski definition) is 0. The third-order valence-electron chi connectivity index (χ3n) is 6.74. The van der Waals surface area contributed by atoms with Crippen LogP contribution in [0.15, 0.2) is 12.2 Å². The third-order valence-corrected chi connectivity index (χ3v) is 6.74. The van der Waals surface area contributed by atoms with Gasteiger partial charge in [0.05, 0.1) is 0 Å². The maximum atomic E-state index is 2.48. The molecule has 0 spiro atoms. The molecule has 0 aromatic carbocycles. The molecule has 0 N–H and O–H groups in total. The van der Waals surface area contributed by atoms with E-state index in [0.717, 1.165) is 5.92 Å². The first-order valence-electron chi connectivity index (χ1n) is 14.5. The van der Waals surface area contributed by atoms with Crippen molar-refractivity contribution in [3.05, 3.63) is 12.2 Å². The Hall–Kier alpha value is -0.260. The van der Waals surface area contributed by atoms with Gasteiger partial charge in [-0.2, -0.15) is 0 Å². The van der Waals surface area contributed by atoms with Crippen molar-refractivity contribution in [1.82, 2.24) is 0 Å². The van der Waals surface area contributed by atoms with Crippen molar-refractivity contribution in [1.29, 1.82) is 0 Å². The molecule has 0 rings (SSSR count). The summed E-state index contributed by atoms with van der Waals surface area (Å²) in [6, 6.07) is 0. The molecule has 30 heavy (non-hydrogen) atoms. The topological polar surface area (TPSA) is 0 Å². The zero-order chi connectivity index (χ0) is 22.0. The maximum absolute atomic E-state index is 2.48. The van der Waals surface area contributed by atoms with Gasteiger partial charge in [-0.25, -0.2) is 0 Å². The highest BCUT2D eigenvalue weighted by atomic mass is 14.1. The molecule has 1 unspecified atom stereocenters. The van der Waals surface area contributed by atoms with Crippen LogP contribution in [0.5, 0.6) is 0 Å². The lowest BCUT2D eigenvalue weighted by atomic mass is 9.96. The van der Waals surface area contributed by atoms with Crippen molar-refractivity contribution in [3.8, 4) is 0 Å². The minimum Gasteiger partial charge on any atom is -0.0885 e. The van der Waals surface area contributed by atoms with Crippen LogP contribution in [0.2, 0.25) is 0 Å². The predicted molar refractivity (Wildman–Crippen MR) is 140 cm³/mol. The molecule has 0 aliphatic heterocycles. The van der Waals surface area contributed by atoms with E-state index in [2.05, 4.69) is 32.9 Å². The molecule has 0 nitrogen and oxygen atoms in total. The quantitative estimate of drug-likeness (QED) is 0.102. The van der Waals surface area contributed by atoms with Crippen LogP contribution in [-0.2, 0) is 0 Å². The number of allylic oxidation sites excluding steroid dienone is 2. The van der Waals surface area contributed by atoms with Gasteiger partial charge in [0.2, 0.25) is 0 Å². The van der Waals surface area contributed by atoms with Crippen molar-refractivity contribution >= 4 is 0 Å². The summed E-state index contributed by atoms with van der Waals surface area (Å²) in [6.45, 7) is 7.04. The Balaban J connectivity index is 3.15. The molecule has 0 saturated heterocycles. The lowest BCUT2D eigenvalue weighted by Crippen LogP contribution is -1.95. The molecule has 0 heteroatoms. The summed E-state index contributed by atoms with van der Waals surface area (Å²) < 4.78 is 0. The van der Waals surface area contributed by atoms with Gasteiger partial charge in [-0.1, -0.05) is 168 Å². The van der Waals surface area contributed by atoms with Gasteiger partial charge in [0.1, 0.15) is 0 Å². The third kappa shape index (κ3) is 25.8. The van der Waals surface area contributed by atoms with Crippen molar-refractivity contribution in [2.45, 2.75) is 175 Å². The highest BCUT2D eigenvalue weighted by Crippen LogP contribution is 2.19. The summed E-state index contributed by atoms with van der Waals surface area (Å²) in [6.07, 6.45) is 39.3. The number of unbranched alkanes of at least 4 members (excludes halogenated alkanes) is 19. The monoisotopic (exact) mass is 420 g/mol. The van der Waals surface area contributed by atoms with Gasteiger partial charge in [0.15, 0.2) is 0 Å². The fourth-order valence-electron chi connectivity index (χ4n) is 4.52. The Kier molecular flexibility index (Phi) is 26.5. The Bertz CT molecular complexity index is 316. The van der Waals surface area contributed by atoms with Gasteiger partial charge in [-0.3, -0.25) is 0 Å². The molecule has 0 bridgehead atoms. The second-order valence-corrected chi connectivity index (χ2v) is 10.1. The Morgan fingerprint density at radius 2 is 0.767 bits per heavy atom. The largest absolute Gasteiger partial charge is 0.0885 e. The van der Waals surface area contributed by atoms with Gasteiger partial charge < -0.3 is 0 Å². The summed E-state index contributed by atoms with van der Waals surface area (Å²) in [5, 5.41) is 0. The van der Waals surface area contributed by atoms with Crippen molar-refractivity contribution in [2.75, 3.05) is 0 Å². The summed E-state index contributed by atoms with van der Waals surface area (Å²) in [5.41, 5.74) is 0. The van der Waals surface area contributed by atoms with Gasteiger partial charge in [-0.05, 0) is 25.2 Å². The highest BCUT2D eigenvalue weighted by molar-refractivity contribution is 4.80. The van der Waals surface area contributed by atoms with Crippen LogP contribution in [0.1, 0.15) is 175 Å². The molecular weight excluding hydrogens is 360 g/mol. The molecule has 0 aliphatic rings. The summed E-state index contributed by atoms with van der Waals surface area (Å²) >= 11 is 0. The van der Waals surface area contributed by atoms with Gasteiger partial charge in [-0.15, -0.1) is 0 Å². The van der Waals surface area contributed by atoms with Gasteiger partial charge >= 0.3 is 0 Å². The van der Waals surface area contributed by atoms with Crippen molar-refractivity contribution in [3.63, 3.8) is 0 Å². The van der Waals surface area contributed by atoms with Crippen LogP contribution >= 0.6 is 0 Å². The van der Waals surface area contributed by atoms with E-state index in [4.69, 9.17) is 0 Å². The number of rotatable bonds is 25. The van der Waals surface area contributed by atoms with E-state index in [1.165, 1.54) is 154 Å². The van der Waals surface area contributed by atoms with E-state index in [1.807, 2.05) is 0 Å². The van der Waals surface area contributed by atoms with Crippen LogP contribution in [0.3, 0.4) is 0 Å². The van der Waals surface area contributed by atoms with Crippen LogP contribution in [-0.4, -0.2) is 0 Å². The molecule has 0 heterocycles. The van der Waals surface area contributed by atoms with Crippen LogP contribution in [0.25, 0.3) is 0 Å². The fourth-order valence-corrected chi connectivity index (χ4v) is 4.52. The Morgan fingerprint density at radius 3 is 1.20 bits per heavy atom. The molecule has 180 valence electrons. The van der Waals surface area contributed by atoms with Crippen LogP contribution in [0, 0.1) is 5.92 Å². The molecule has 0 radical (unpaired) electrons. The van der Waals surface area contributed by atoms with E-state index in [9.17, 15) is 0 Å². The smallest absolute Gasteiger partial charge is 0.0351 e. The minimum atomic E-state index is 0.955. The molecule has 1 atom stereocenters. The van der Waals surface area contributed by atoms with E-state index in [-0.39, 0.29) is 0 Å². The minimum absolute atomic E-state index is 0.955. The first kappa shape index (κ1) is 29.7. The van der Waals surface area contributed by atoms with E-state index < -0.39 is 0 Å². The van der Waals surface area contributed by atoms with Crippen molar-refractivity contribution in [2.24, 2.45) is 5.92 Å². The lowest BCUT2D eigenvalue weighted by Gasteiger charge is -2.11. The van der Waals surface area contributed by atoms with Crippen LogP contribution < -0.4 is 0 Å². The molecule has 0 aromatic rings. The normalized spacial score (nSPS) is 12.8. The second kappa shape index (κ2) is 26.8. The van der Waals surface area contributed by atoms with Crippen LogP contribution in [0.4, 0.5) is 0 Å². The molecule has 0 saturated carbocycles. The molecule has 0 aromatic heterocycles. The summed E-state index contributed by atoms with van der Waals surface area (Å²) in [4.78, 5) is 0. The molecular formula is C30H60. The SMILES string of the molecule is CCC/C=C/CCCCCCC(C)CCCCCCCCCCCCCCCCC. The first-order chi connectivity index (χ1) is 14.8. The predicted octanol–water partition coefficient (Wildman–Crippen LogP) is 11.6. The van der Waals surface area contributed by atoms with E-state index >= 15 is 0 Å². The second-order valence-electron chi connectivity index (χ2n) is 10.1.